The highest BCUT2D eigenvalue weighted by atomic mass is 32.2. The van der Waals surface area contributed by atoms with Gasteiger partial charge >= 0.3 is 0 Å². The Hall–Kier alpha value is -3.46. The number of carbonyl (C=O) groups excluding carboxylic acids is 2. The van der Waals surface area contributed by atoms with Gasteiger partial charge in [0.1, 0.15) is 0 Å². The van der Waals surface area contributed by atoms with E-state index in [0.717, 1.165) is 42.4 Å². The number of aryl methyl sites for hydroxylation is 1. The van der Waals surface area contributed by atoms with Gasteiger partial charge in [-0.1, -0.05) is 11.8 Å². The largest absolute Gasteiger partial charge is 0.490 e. The fourth-order valence-electron chi connectivity index (χ4n) is 3.78. The number of hydrogen-bond donors (Lipinski definition) is 1. The van der Waals surface area contributed by atoms with Crippen LogP contribution in [0.5, 0.6) is 11.5 Å². The van der Waals surface area contributed by atoms with Crippen LogP contribution in [0.25, 0.3) is 0 Å². The van der Waals surface area contributed by atoms with Crippen LogP contribution in [0.15, 0.2) is 64.9 Å². The van der Waals surface area contributed by atoms with E-state index in [0.29, 0.717) is 29.4 Å². The summed E-state index contributed by atoms with van der Waals surface area (Å²) in [5.41, 5.74) is 1.12. The predicted octanol–water partition coefficient (Wildman–Crippen LogP) is 4.61. The van der Waals surface area contributed by atoms with Crippen molar-refractivity contribution >= 4 is 29.3 Å². The zero-order valence-corrected chi connectivity index (χ0v) is 20.8. The molecule has 2 heterocycles. The summed E-state index contributed by atoms with van der Waals surface area (Å²) >= 11 is 1.55. The summed E-state index contributed by atoms with van der Waals surface area (Å²) in [6.07, 6.45) is 6.89. The third-order valence-electron chi connectivity index (χ3n) is 5.66. The SMILES string of the molecule is CCOc1cc(C(=O)Nc2ccc(Sc3nccn3C)cc2)ccc1OCC(=O)N1CCCCC1. The van der Waals surface area contributed by atoms with E-state index in [9.17, 15) is 9.59 Å². The van der Waals surface area contributed by atoms with Crippen LogP contribution < -0.4 is 14.8 Å². The molecule has 3 aromatic rings. The molecule has 35 heavy (non-hydrogen) atoms. The molecule has 2 amide bonds. The van der Waals surface area contributed by atoms with Crippen molar-refractivity contribution in [2.24, 2.45) is 7.05 Å². The van der Waals surface area contributed by atoms with Crippen molar-refractivity contribution in [2.45, 2.75) is 36.2 Å². The first kappa shape index (κ1) is 24.7. The van der Waals surface area contributed by atoms with Gasteiger partial charge in [0.15, 0.2) is 23.3 Å². The Morgan fingerprint density at radius 1 is 1.03 bits per heavy atom. The molecule has 0 spiro atoms. The molecule has 1 aromatic heterocycles. The molecular weight excluding hydrogens is 464 g/mol. The molecular formula is C26H30N4O4S. The molecule has 0 radical (unpaired) electrons. The average Bonchev–Trinajstić information content (AvgIpc) is 3.29. The summed E-state index contributed by atoms with van der Waals surface area (Å²) in [5, 5.41) is 3.81. The summed E-state index contributed by atoms with van der Waals surface area (Å²) < 4.78 is 13.4. The number of aromatic nitrogens is 2. The highest BCUT2D eigenvalue weighted by molar-refractivity contribution is 7.99. The first-order valence-electron chi connectivity index (χ1n) is 11.8. The number of amides is 2. The van der Waals surface area contributed by atoms with Gasteiger partial charge in [0.2, 0.25) is 0 Å². The Morgan fingerprint density at radius 3 is 2.49 bits per heavy atom. The second kappa shape index (κ2) is 11.8. The van der Waals surface area contributed by atoms with Crippen molar-refractivity contribution in [3.05, 3.63) is 60.4 Å². The molecule has 0 saturated carbocycles. The Kier molecular flexibility index (Phi) is 8.31. The average molecular weight is 495 g/mol. The molecule has 2 aromatic carbocycles. The zero-order chi connectivity index (χ0) is 24.6. The number of nitrogens with one attached hydrogen (secondary N) is 1. The first-order valence-corrected chi connectivity index (χ1v) is 12.6. The number of piperidine rings is 1. The number of nitrogens with zero attached hydrogens (tertiary/aromatic N) is 3. The maximum atomic E-state index is 12.9. The van der Waals surface area contributed by atoms with Crippen molar-refractivity contribution in [1.82, 2.24) is 14.5 Å². The maximum absolute atomic E-state index is 12.9. The van der Waals surface area contributed by atoms with E-state index in [1.54, 1.807) is 36.2 Å². The standard InChI is InChI=1S/C26H30N4O4S/c1-3-33-23-17-19(7-12-22(23)34-18-24(31)30-14-5-4-6-15-30)25(32)28-20-8-10-21(11-9-20)35-26-27-13-16-29(26)2/h7-13,16-17H,3-6,14-15,18H2,1-2H3,(H,28,32). The summed E-state index contributed by atoms with van der Waals surface area (Å²) in [6.45, 7) is 3.79. The fourth-order valence-corrected chi connectivity index (χ4v) is 4.58. The van der Waals surface area contributed by atoms with Crippen LogP contribution in [0.4, 0.5) is 5.69 Å². The van der Waals surface area contributed by atoms with Gasteiger partial charge in [-0.2, -0.15) is 0 Å². The van der Waals surface area contributed by atoms with Crippen LogP contribution in [0.3, 0.4) is 0 Å². The number of hydrogen-bond acceptors (Lipinski definition) is 6. The van der Waals surface area contributed by atoms with Gasteiger partial charge in [0.25, 0.3) is 11.8 Å². The molecule has 1 saturated heterocycles. The van der Waals surface area contributed by atoms with E-state index in [1.807, 2.05) is 53.9 Å². The van der Waals surface area contributed by atoms with E-state index >= 15 is 0 Å². The molecule has 1 N–H and O–H groups in total. The van der Waals surface area contributed by atoms with Crippen LogP contribution in [0.1, 0.15) is 36.5 Å². The summed E-state index contributed by atoms with van der Waals surface area (Å²) in [5.74, 6) is 0.600. The van der Waals surface area contributed by atoms with E-state index < -0.39 is 0 Å². The molecule has 1 fully saturated rings. The predicted molar refractivity (Wildman–Crippen MR) is 135 cm³/mol. The minimum absolute atomic E-state index is 0.0292. The first-order chi connectivity index (χ1) is 17.0. The summed E-state index contributed by atoms with van der Waals surface area (Å²) in [4.78, 5) is 32.5. The lowest BCUT2D eigenvalue weighted by Gasteiger charge is -2.26. The molecule has 0 aliphatic carbocycles. The van der Waals surface area contributed by atoms with Gasteiger partial charge in [0.05, 0.1) is 6.61 Å². The number of likely N-dealkylation sites (tertiary alicyclic amines) is 1. The summed E-state index contributed by atoms with van der Waals surface area (Å²) in [7, 11) is 1.95. The Bertz CT molecular complexity index is 1160. The quantitative estimate of drug-likeness (QED) is 0.467. The molecule has 1 aliphatic rings. The molecule has 184 valence electrons. The Balaban J connectivity index is 1.37. The Morgan fingerprint density at radius 2 is 1.80 bits per heavy atom. The third kappa shape index (κ3) is 6.57. The van der Waals surface area contributed by atoms with Crippen molar-refractivity contribution in [1.29, 1.82) is 0 Å². The molecule has 8 nitrogen and oxygen atoms in total. The number of ether oxygens (including phenoxy) is 2. The van der Waals surface area contributed by atoms with Gasteiger partial charge in [-0.15, -0.1) is 0 Å². The fraction of sp³-hybridized carbons (Fsp3) is 0.346. The molecule has 0 atom stereocenters. The van der Waals surface area contributed by atoms with Gasteiger partial charge in [0, 0.05) is 48.7 Å². The molecule has 0 bridgehead atoms. The number of benzene rings is 2. The van der Waals surface area contributed by atoms with Crippen LogP contribution >= 0.6 is 11.8 Å². The summed E-state index contributed by atoms with van der Waals surface area (Å²) in [6, 6.07) is 12.6. The minimum Gasteiger partial charge on any atom is -0.490 e. The van der Waals surface area contributed by atoms with Crippen LogP contribution in [0.2, 0.25) is 0 Å². The van der Waals surface area contributed by atoms with E-state index in [2.05, 4.69) is 10.3 Å². The molecule has 9 heteroatoms. The normalized spacial score (nSPS) is 13.4. The van der Waals surface area contributed by atoms with Crippen LogP contribution in [-0.2, 0) is 11.8 Å². The molecule has 0 unspecified atom stereocenters. The monoisotopic (exact) mass is 494 g/mol. The van der Waals surface area contributed by atoms with Gasteiger partial charge in [-0.3, -0.25) is 9.59 Å². The van der Waals surface area contributed by atoms with E-state index in [1.165, 1.54) is 0 Å². The smallest absolute Gasteiger partial charge is 0.260 e. The number of rotatable bonds is 9. The molecule has 4 rings (SSSR count). The second-order valence-corrected chi connectivity index (χ2v) is 9.27. The number of imidazole rings is 1. The topological polar surface area (TPSA) is 85.7 Å². The zero-order valence-electron chi connectivity index (χ0n) is 20.0. The Labute approximate surface area is 209 Å². The number of carbonyl (C=O) groups is 2. The second-order valence-electron chi connectivity index (χ2n) is 8.23. The third-order valence-corrected chi connectivity index (χ3v) is 6.75. The lowest BCUT2D eigenvalue weighted by molar-refractivity contribution is -0.134. The highest BCUT2D eigenvalue weighted by Crippen LogP contribution is 2.30. The van der Waals surface area contributed by atoms with Crippen molar-refractivity contribution in [3.63, 3.8) is 0 Å². The highest BCUT2D eigenvalue weighted by Gasteiger charge is 2.18. The van der Waals surface area contributed by atoms with Gasteiger partial charge in [-0.25, -0.2) is 4.98 Å². The van der Waals surface area contributed by atoms with E-state index in [4.69, 9.17) is 9.47 Å². The van der Waals surface area contributed by atoms with Crippen LogP contribution in [0, 0.1) is 0 Å². The van der Waals surface area contributed by atoms with Gasteiger partial charge < -0.3 is 24.3 Å². The minimum atomic E-state index is -0.258. The number of anilines is 1. The van der Waals surface area contributed by atoms with Crippen LogP contribution in [-0.4, -0.2) is 52.6 Å². The molecule has 1 aliphatic heterocycles. The van der Waals surface area contributed by atoms with Gasteiger partial charge in [-0.05, 0) is 68.7 Å². The lowest BCUT2D eigenvalue weighted by Crippen LogP contribution is -2.38. The lowest BCUT2D eigenvalue weighted by atomic mass is 10.1. The maximum Gasteiger partial charge on any atom is 0.260 e. The van der Waals surface area contributed by atoms with Crippen molar-refractivity contribution < 1.29 is 19.1 Å². The van der Waals surface area contributed by atoms with Crippen molar-refractivity contribution in [3.8, 4) is 11.5 Å². The van der Waals surface area contributed by atoms with E-state index in [-0.39, 0.29) is 18.4 Å². The van der Waals surface area contributed by atoms with Crippen molar-refractivity contribution in [2.75, 3.05) is 31.6 Å².